The zero-order valence-electron chi connectivity index (χ0n) is 25.4. The number of hydrogen-bond donors (Lipinski definition) is 2. The van der Waals surface area contributed by atoms with Crippen LogP contribution in [0.3, 0.4) is 0 Å². The van der Waals surface area contributed by atoms with Crippen molar-refractivity contribution < 1.29 is 27.8 Å². The molecular formula is C32H36F2N6O4. The lowest BCUT2D eigenvalue weighted by Crippen LogP contribution is -2.42. The highest BCUT2D eigenvalue weighted by Gasteiger charge is 2.26. The van der Waals surface area contributed by atoms with Crippen LogP contribution in [0.25, 0.3) is 16.9 Å². The number of carbonyl (C=O) groups excluding carboxylic acids is 2. The molecule has 2 N–H and O–H groups in total. The second-order valence-corrected chi connectivity index (χ2v) is 11.9. The largest absolute Gasteiger partial charge is 0.494 e. The number of likely N-dealkylation sites (tertiary alicyclic amines) is 1. The second kappa shape index (κ2) is 12.5. The number of alkyl carbamates (subject to hydrolysis) is 1. The second-order valence-electron chi connectivity index (χ2n) is 11.9. The summed E-state index contributed by atoms with van der Waals surface area (Å²) in [4.78, 5) is 36.0. The maximum Gasteiger partial charge on any atom is 0.407 e. The predicted octanol–water partition coefficient (Wildman–Crippen LogP) is 6.11. The maximum absolute atomic E-state index is 14.8. The maximum atomic E-state index is 14.8. The number of carbonyl (C=O) groups is 2. The van der Waals surface area contributed by atoms with Gasteiger partial charge in [0.1, 0.15) is 11.4 Å². The minimum atomic E-state index is -0.684. The molecule has 0 spiro atoms. The van der Waals surface area contributed by atoms with Crippen LogP contribution in [0.15, 0.2) is 48.9 Å². The average molecular weight is 607 g/mol. The lowest BCUT2D eigenvalue weighted by atomic mass is 9.96. The summed E-state index contributed by atoms with van der Waals surface area (Å²) in [5.74, 6) is -0.866. The monoisotopic (exact) mass is 606 g/mol. The van der Waals surface area contributed by atoms with Gasteiger partial charge >= 0.3 is 6.09 Å². The summed E-state index contributed by atoms with van der Waals surface area (Å²) in [5.41, 5.74) is 2.35. The van der Waals surface area contributed by atoms with Crippen molar-refractivity contribution in [3.63, 3.8) is 0 Å². The van der Waals surface area contributed by atoms with Gasteiger partial charge in [0.25, 0.3) is 5.91 Å². The number of hydrogen-bond acceptors (Lipinski definition) is 7. The molecule has 1 fully saturated rings. The Morgan fingerprint density at radius 2 is 1.82 bits per heavy atom. The van der Waals surface area contributed by atoms with Crippen molar-refractivity contribution in [2.24, 2.45) is 5.92 Å². The van der Waals surface area contributed by atoms with Crippen LogP contribution in [0.1, 0.15) is 49.5 Å². The van der Waals surface area contributed by atoms with E-state index in [2.05, 4.69) is 20.6 Å². The molecule has 2 aromatic heterocycles. The molecule has 5 rings (SSSR count). The summed E-state index contributed by atoms with van der Waals surface area (Å²) in [7, 11) is 1.28. The zero-order valence-corrected chi connectivity index (χ0v) is 25.4. The van der Waals surface area contributed by atoms with E-state index in [1.165, 1.54) is 19.5 Å². The normalized spacial score (nSPS) is 14.0. The van der Waals surface area contributed by atoms with Crippen LogP contribution >= 0.6 is 0 Å². The first-order valence-electron chi connectivity index (χ1n) is 14.4. The Kier molecular flexibility index (Phi) is 8.70. The van der Waals surface area contributed by atoms with Gasteiger partial charge in [-0.15, -0.1) is 0 Å². The highest BCUT2D eigenvalue weighted by Crippen LogP contribution is 2.31. The van der Waals surface area contributed by atoms with Crippen LogP contribution in [0.5, 0.6) is 5.75 Å². The first-order valence-corrected chi connectivity index (χ1v) is 14.4. The molecule has 0 atom stereocenters. The van der Waals surface area contributed by atoms with Gasteiger partial charge in [-0.1, -0.05) is 0 Å². The molecule has 1 saturated heterocycles. The summed E-state index contributed by atoms with van der Waals surface area (Å²) in [6.45, 7) is 9.07. The Hall–Kier alpha value is -4.74. The Morgan fingerprint density at radius 1 is 1.07 bits per heavy atom. The third-order valence-electron chi connectivity index (χ3n) is 7.50. The van der Waals surface area contributed by atoms with E-state index in [1.54, 1.807) is 22.7 Å². The number of anilines is 2. The lowest BCUT2D eigenvalue weighted by Gasteiger charge is -2.32. The molecule has 2 amide bonds. The van der Waals surface area contributed by atoms with Crippen molar-refractivity contribution in [1.29, 1.82) is 0 Å². The Bertz CT molecular complexity index is 1690. The molecule has 3 heterocycles. The highest BCUT2D eigenvalue weighted by molar-refractivity contribution is 5.96. The van der Waals surface area contributed by atoms with Crippen LogP contribution in [0.2, 0.25) is 0 Å². The standard InChI is InChI=1S/C32H36F2N6O4/c1-19-14-21(6-7-22(19)30(41)39-11-8-20(9-12-39)17-37-31(42)44-32(2,3)4)38-28-29-36-18-26(40(29)13-10-35-28)23-15-25(34)27(43-5)16-24(23)33/h6-7,10,13-16,18,20H,8-9,11-12,17H2,1-5H3,(H,35,38)(H,37,42). The molecule has 44 heavy (non-hydrogen) atoms. The van der Waals surface area contributed by atoms with Crippen LogP contribution < -0.4 is 15.4 Å². The number of nitrogens with one attached hydrogen (secondary N) is 2. The first kappa shape index (κ1) is 30.7. The molecule has 0 aliphatic carbocycles. The van der Waals surface area contributed by atoms with Gasteiger partial charge in [-0.25, -0.2) is 23.5 Å². The molecule has 0 radical (unpaired) electrons. The SMILES string of the molecule is COc1cc(F)c(-c2cnc3c(Nc4ccc(C(=O)N5CCC(CNC(=O)OC(C)(C)C)CC5)c(C)c4)nccn23)cc1F. The van der Waals surface area contributed by atoms with E-state index in [9.17, 15) is 18.4 Å². The zero-order chi connectivity index (χ0) is 31.6. The summed E-state index contributed by atoms with van der Waals surface area (Å²) >= 11 is 0. The number of halogens is 2. The van der Waals surface area contributed by atoms with Crippen molar-refractivity contribution in [3.05, 3.63) is 71.7 Å². The fraction of sp³-hybridized carbons (Fsp3) is 0.375. The van der Waals surface area contributed by atoms with E-state index in [0.29, 0.717) is 48.0 Å². The van der Waals surface area contributed by atoms with Crippen molar-refractivity contribution in [1.82, 2.24) is 24.6 Å². The quantitative estimate of drug-likeness (QED) is 0.261. The molecule has 12 heteroatoms. The van der Waals surface area contributed by atoms with E-state index in [1.807, 2.05) is 38.7 Å². The molecule has 10 nitrogen and oxygen atoms in total. The van der Waals surface area contributed by atoms with E-state index in [4.69, 9.17) is 9.47 Å². The van der Waals surface area contributed by atoms with Gasteiger partial charge in [0.2, 0.25) is 0 Å². The Labute approximate surface area is 254 Å². The smallest absolute Gasteiger partial charge is 0.407 e. The number of aromatic nitrogens is 3. The van der Waals surface area contributed by atoms with Crippen LogP contribution in [-0.4, -0.2) is 63.6 Å². The molecule has 1 aliphatic heterocycles. The first-order chi connectivity index (χ1) is 20.9. The third kappa shape index (κ3) is 6.74. The third-order valence-corrected chi connectivity index (χ3v) is 7.50. The number of methoxy groups -OCH3 is 1. The van der Waals surface area contributed by atoms with Crippen LogP contribution in [-0.2, 0) is 4.74 Å². The summed E-state index contributed by atoms with van der Waals surface area (Å²) in [6, 6.07) is 7.52. The van der Waals surface area contributed by atoms with Gasteiger partial charge in [0, 0.05) is 54.9 Å². The van der Waals surface area contributed by atoms with Crippen molar-refractivity contribution in [2.45, 2.75) is 46.1 Å². The minimum absolute atomic E-state index is 0.0370. The Balaban J connectivity index is 1.24. The fourth-order valence-corrected chi connectivity index (χ4v) is 5.26. The van der Waals surface area contributed by atoms with Gasteiger partial charge in [-0.2, -0.15) is 0 Å². The summed E-state index contributed by atoms with van der Waals surface area (Å²) in [5, 5.41) is 6.06. The number of fused-ring (bicyclic) bond motifs is 1. The van der Waals surface area contributed by atoms with Crippen molar-refractivity contribution in [2.75, 3.05) is 32.1 Å². The number of ether oxygens (including phenoxy) is 2. The number of imidazole rings is 1. The van der Waals surface area contributed by atoms with Gasteiger partial charge < -0.3 is 25.0 Å². The topological polar surface area (TPSA) is 110 Å². The summed E-state index contributed by atoms with van der Waals surface area (Å²) < 4.78 is 41.0. The van der Waals surface area contributed by atoms with Crippen LogP contribution in [0.4, 0.5) is 25.1 Å². The lowest BCUT2D eigenvalue weighted by molar-refractivity contribution is 0.0500. The van der Waals surface area contributed by atoms with Crippen molar-refractivity contribution >= 4 is 29.2 Å². The molecule has 4 aromatic rings. The fourth-order valence-electron chi connectivity index (χ4n) is 5.26. The number of aryl methyl sites for hydroxylation is 1. The molecule has 0 bridgehead atoms. The molecule has 2 aromatic carbocycles. The van der Waals surface area contributed by atoms with Gasteiger partial charge in [-0.3, -0.25) is 9.20 Å². The minimum Gasteiger partial charge on any atom is -0.494 e. The van der Waals surface area contributed by atoms with Gasteiger partial charge in [0.05, 0.1) is 19.0 Å². The van der Waals surface area contributed by atoms with Crippen LogP contribution in [0, 0.1) is 24.5 Å². The average Bonchev–Trinajstić information content (AvgIpc) is 3.41. The summed E-state index contributed by atoms with van der Waals surface area (Å²) in [6.07, 6.45) is 5.76. The molecule has 0 saturated carbocycles. The number of amides is 2. The number of benzene rings is 2. The van der Waals surface area contributed by atoms with Gasteiger partial charge in [-0.05, 0) is 76.3 Å². The van der Waals surface area contributed by atoms with Crippen molar-refractivity contribution in [3.8, 4) is 17.0 Å². The van der Waals surface area contributed by atoms with E-state index in [-0.39, 0.29) is 23.1 Å². The number of nitrogens with zero attached hydrogens (tertiary/aromatic N) is 4. The Morgan fingerprint density at radius 3 is 2.50 bits per heavy atom. The van der Waals surface area contributed by atoms with E-state index in [0.717, 1.165) is 30.5 Å². The highest BCUT2D eigenvalue weighted by atomic mass is 19.1. The molecule has 1 aliphatic rings. The molecule has 232 valence electrons. The number of rotatable bonds is 7. The molecule has 0 unspecified atom stereocenters. The van der Waals surface area contributed by atoms with E-state index >= 15 is 0 Å². The van der Waals surface area contributed by atoms with Gasteiger partial charge in [0.15, 0.2) is 23.0 Å². The number of piperidine rings is 1. The predicted molar refractivity (Wildman–Crippen MR) is 162 cm³/mol. The molecular weight excluding hydrogens is 570 g/mol. The van der Waals surface area contributed by atoms with E-state index < -0.39 is 23.3 Å².